The zero-order valence-electron chi connectivity index (χ0n) is 5.68. The fraction of sp³-hybridized carbons (Fsp3) is 0.143. The Hall–Kier alpha value is 0.930. The maximum absolute atomic E-state index is 5.51. The molecule has 62 valence electrons. The minimum absolute atomic E-state index is 0. The van der Waals surface area contributed by atoms with E-state index in [2.05, 4.69) is 57.3 Å². The molecule has 4 heteroatoms. The van der Waals surface area contributed by atoms with Gasteiger partial charge in [-0.25, -0.2) is 0 Å². The predicted molar refractivity (Wildman–Crippen MR) is 67.0 cm³/mol. The molecule has 1 rings (SSSR count). The Balaban J connectivity index is 0.000001000. The monoisotopic (exact) mass is 395 g/mol. The Morgan fingerprint density at radius 2 is 1.91 bits per heavy atom. The molecule has 0 aliphatic carbocycles. The van der Waals surface area contributed by atoms with E-state index in [-0.39, 0.29) is 12.4 Å². The summed E-state index contributed by atoms with van der Waals surface area (Å²) in [7, 11) is 0. The van der Waals surface area contributed by atoms with Crippen LogP contribution in [0.5, 0.6) is 0 Å². The average molecular weight is 395 g/mol. The van der Waals surface area contributed by atoms with Crippen molar-refractivity contribution < 1.29 is 0 Å². The van der Waals surface area contributed by atoms with Crippen LogP contribution in [0.1, 0.15) is 5.56 Å². The van der Waals surface area contributed by atoms with Crippen molar-refractivity contribution in [2.24, 2.45) is 5.73 Å². The lowest BCUT2D eigenvalue weighted by Crippen LogP contribution is -1.99. The van der Waals surface area contributed by atoms with E-state index in [4.69, 9.17) is 5.73 Å². The Morgan fingerprint density at radius 3 is 2.36 bits per heavy atom. The van der Waals surface area contributed by atoms with Gasteiger partial charge in [-0.2, -0.15) is 0 Å². The SMILES string of the molecule is Cl.NCc1cccc(I)c1I. The van der Waals surface area contributed by atoms with Crippen LogP contribution < -0.4 is 5.73 Å². The lowest BCUT2D eigenvalue weighted by Gasteiger charge is -2.01. The van der Waals surface area contributed by atoms with Gasteiger partial charge >= 0.3 is 0 Å². The van der Waals surface area contributed by atoms with Crippen LogP contribution in [0.25, 0.3) is 0 Å². The summed E-state index contributed by atoms with van der Waals surface area (Å²) in [5.41, 5.74) is 6.74. The van der Waals surface area contributed by atoms with Crippen molar-refractivity contribution in [2.75, 3.05) is 0 Å². The van der Waals surface area contributed by atoms with Gasteiger partial charge in [0.2, 0.25) is 0 Å². The molecule has 11 heavy (non-hydrogen) atoms. The van der Waals surface area contributed by atoms with Crippen LogP contribution in [-0.4, -0.2) is 0 Å². The third-order valence-electron chi connectivity index (χ3n) is 1.25. The van der Waals surface area contributed by atoms with E-state index in [1.165, 1.54) is 12.7 Å². The van der Waals surface area contributed by atoms with Crippen LogP contribution >= 0.6 is 57.6 Å². The maximum atomic E-state index is 5.51. The number of halogens is 3. The number of benzene rings is 1. The average Bonchev–Trinajstić information content (AvgIpc) is 1.95. The van der Waals surface area contributed by atoms with Gasteiger partial charge in [0.15, 0.2) is 0 Å². The van der Waals surface area contributed by atoms with E-state index in [1.807, 2.05) is 6.07 Å². The first-order valence-corrected chi connectivity index (χ1v) is 5.04. The molecule has 0 aromatic heterocycles. The van der Waals surface area contributed by atoms with Gasteiger partial charge in [-0.15, -0.1) is 12.4 Å². The molecule has 0 bridgehead atoms. The molecular weight excluding hydrogens is 387 g/mol. The summed E-state index contributed by atoms with van der Waals surface area (Å²) in [5, 5.41) is 0. The molecular formula is C7H8ClI2N. The number of rotatable bonds is 1. The first-order valence-electron chi connectivity index (χ1n) is 2.88. The topological polar surface area (TPSA) is 26.0 Å². The third-order valence-corrected chi connectivity index (χ3v) is 4.46. The van der Waals surface area contributed by atoms with Gasteiger partial charge in [0.25, 0.3) is 0 Å². The van der Waals surface area contributed by atoms with Gasteiger partial charge in [-0.05, 0) is 56.8 Å². The molecule has 0 aliphatic rings. The van der Waals surface area contributed by atoms with Crippen LogP contribution in [0.3, 0.4) is 0 Å². The highest BCUT2D eigenvalue weighted by molar-refractivity contribution is 14.1. The van der Waals surface area contributed by atoms with Crippen LogP contribution in [0.4, 0.5) is 0 Å². The second kappa shape index (κ2) is 5.55. The molecule has 0 unspecified atom stereocenters. The van der Waals surface area contributed by atoms with E-state index in [0.717, 1.165) is 0 Å². The highest BCUT2D eigenvalue weighted by Gasteiger charge is 1.99. The van der Waals surface area contributed by atoms with Crippen LogP contribution in [-0.2, 0) is 6.54 Å². The quantitative estimate of drug-likeness (QED) is 0.728. The van der Waals surface area contributed by atoms with E-state index in [0.29, 0.717) is 6.54 Å². The second-order valence-electron chi connectivity index (χ2n) is 1.92. The Kier molecular flexibility index (Phi) is 6.02. The van der Waals surface area contributed by atoms with Crippen molar-refractivity contribution in [1.82, 2.24) is 0 Å². The summed E-state index contributed by atoms with van der Waals surface area (Å²) in [4.78, 5) is 0. The molecule has 0 aliphatic heterocycles. The van der Waals surface area contributed by atoms with Crippen molar-refractivity contribution in [2.45, 2.75) is 6.54 Å². The fourth-order valence-corrected chi connectivity index (χ4v) is 1.84. The lowest BCUT2D eigenvalue weighted by atomic mass is 10.2. The Morgan fingerprint density at radius 1 is 1.27 bits per heavy atom. The van der Waals surface area contributed by atoms with Gasteiger partial charge in [-0.1, -0.05) is 12.1 Å². The summed E-state index contributed by atoms with van der Waals surface area (Å²) in [6.07, 6.45) is 0. The summed E-state index contributed by atoms with van der Waals surface area (Å²) in [5.74, 6) is 0. The predicted octanol–water partition coefficient (Wildman–Crippen LogP) is 2.78. The van der Waals surface area contributed by atoms with Gasteiger partial charge in [0.1, 0.15) is 0 Å². The zero-order valence-corrected chi connectivity index (χ0v) is 10.8. The highest BCUT2D eigenvalue weighted by Crippen LogP contribution is 2.18. The minimum Gasteiger partial charge on any atom is -0.326 e. The fourth-order valence-electron chi connectivity index (χ4n) is 0.706. The second-order valence-corrected chi connectivity index (χ2v) is 4.16. The molecule has 0 saturated carbocycles. The summed E-state index contributed by atoms with van der Waals surface area (Å²) >= 11 is 4.63. The summed E-state index contributed by atoms with van der Waals surface area (Å²) in [6, 6.07) is 6.18. The molecule has 0 spiro atoms. The van der Waals surface area contributed by atoms with Crippen LogP contribution in [0, 0.1) is 7.14 Å². The molecule has 0 heterocycles. The Labute approximate surface area is 99.8 Å². The molecule has 0 fully saturated rings. The van der Waals surface area contributed by atoms with E-state index < -0.39 is 0 Å². The number of hydrogen-bond acceptors (Lipinski definition) is 1. The van der Waals surface area contributed by atoms with Gasteiger partial charge < -0.3 is 5.73 Å². The van der Waals surface area contributed by atoms with Crippen molar-refractivity contribution in [3.63, 3.8) is 0 Å². The van der Waals surface area contributed by atoms with Crippen molar-refractivity contribution in [1.29, 1.82) is 0 Å². The first kappa shape index (κ1) is 11.9. The first-order chi connectivity index (χ1) is 4.75. The molecule has 1 aromatic rings. The molecule has 0 radical (unpaired) electrons. The normalized spacial score (nSPS) is 9.00. The van der Waals surface area contributed by atoms with Crippen molar-refractivity contribution in [3.8, 4) is 0 Å². The maximum Gasteiger partial charge on any atom is 0.0308 e. The molecule has 1 aromatic carbocycles. The molecule has 2 N–H and O–H groups in total. The number of nitrogens with two attached hydrogens (primary N) is 1. The van der Waals surface area contributed by atoms with Gasteiger partial charge in [0.05, 0.1) is 0 Å². The van der Waals surface area contributed by atoms with E-state index >= 15 is 0 Å². The summed E-state index contributed by atoms with van der Waals surface area (Å²) < 4.78 is 2.56. The van der Waals surface area contributed by atoms with Crippen LogP contribution in [0.2, 0.25) is 0 Å². The largest absolute Gasteiger partial charge is 0.326 e. The van der Waals surface area contributed by atoms with Gasteiger partial charge in [-0.3, -0.25) is 0 Å². The summed E-state index contributed by atoms with van der Waals surface area (Å²) in [6.45, 7) is 0.634. The van der Waals surface area contributed by atoms with Crippen molar-refractivity contribution in [3.05, 3.63) is 30.9 Å². The molecule has 0 atom stereocenters. The lowest BCUT2D eigenvalue weighted by molar-refractivity contribution is 1.06. The smallest absolute Gasteiger partial charge is 0.0308 e. The molecule has 1 nitrogen and oxygen atoms in total. The van der Waals surface area contributed by atoms with Crippen molar-refractivity contribution >= 4 is 57.6 Å². The van der Waals surface area contributed by atoms with E-state index in [1.54, 1.807) is 0 Å². The van der Waals surface area contributed by atoms with E-state index in [9.17, 15) is 0 Å². The minimum atomic E-state index is 0. The standard InChI is InChI=1S/C7H7I2N.ClH/c8-6-3-1-2-5(4-10)7(6)9;/h1-3H,4,10H2;1H. The molecule has 0 amide bonds. The highest BCUT2D eigenvalue weighted by atomic mass is 127. The Bertz CT molecular complexity index is 240. The zero-order chi connectivity index (χ0) is 7.56. The number of hydrogen-bond donors (Lipinski definition) is 1. The van der Waals surface area contributed by atoms with Gasteiger partial charge in [0, 0.05) is 13.7 Å². The molecule has 0 saturated heterocycles. The third kappa shape index (κ3) is 3.04. The van der Waals surface area contributed by atoms with Crippen LogP contribution in [0.15, 0.2) is 18.2 Å².